The number of rotatable bonds is 4. The maximum absolute atomic E-state index is 12.8. The normalized spacial score (nSPS) is 15.6. The summed E-state index contributed by atoms with van der Waals surface area (Å²) in [7, 11) is 0. The van der Waals surface area contributed by atoms with E-state index >= 15 is 0 Å². The monoisotopic (exact) mass is 422 g/mol. The second-order valence-corrected chi connectivity index (χ2v) is 8.40. The molecule has 4 rings (SSSR count). The number of thioether (sulfide) groups is 1. The smallest absolute Gasteiger partial charge is 0.293 e. The van der Waals surface area contributed by atoms with Crippen molar-refractivity contribution in [3.63, 3.8) is 0 Å². The Balaban J connectivity index is 1.60. The highest BCUT2D eigenvalue weighted by Crippen LogP contribution is 2.34. The molecule has 2 heterocycles. The predicted octanol–water partition coefficient (Wildman–Crippen LogP) is 5.98. The molecule has 0 aliphatic carbocycles. The van der Waals surface area contributed by atoms with Gasteiger partial charge in [-0.2, -0.15) is 0 Å². The number of halogens is 1. The third-order valence-electron chi connectivity index (χ3n) is 4.96. The number of hydrogen-bond acceptors (Lipinski definition) is 3. The Morgan fingerprint density at radius 2 is 1.76 bits per heavy atom. The Morgan fingerprint density at radius 3 is 2.48 bits per heavy atom. The van der Waals surface area contributed by atoms with E-state index in [0.717, 1.165) is 28.7 Å². The highest BCUT2D eigenvalue weighted by atomic mass is 35.5. The topological polar surface area (TPSA) is 42.3 Å². The van der Waals surface area contributed by atoms with Gasteiger partial charge in [0.25, 0.3) is 11.1 Å². The lowest BCUT2D eigenvalue weighted by molar-refractivity contribution is -0.123. The summed E-state index contributed by atoms with van der Waals surface area (Å²) in [6.45, 7) is 4.38. The molecule has 146 valence electrons. The number of nitrogens with zero attached hydrogens (tertiary/aromatic N) is 2. The van der Waals surface area contributed by atoms with Crippen molar-refractivity contribution in [1.82, 2.24) is 9.47 Å². The molecule has 0 saturated carbocycles. The lowest BCUT2D eigenvalue weighted by atomic mass is 10.1. The fourth-order valence-corrected chi connectivity index (χ4v) is 4.11. The van der Waals surface area contributed by atoms with Crippen LogP contribution in [0.15, 0.2) is 65.7 Å². The van der Waals surface area contributed by atoms with Crippen molar-refractivity contribution in [3.8, 4) is 5.69 Å². The molecule has 2 aromatic carbocycles. The van der Waals surface area contributed by atoms with E-state index in [-0.39, 0.29) is 17.7 Å². The maximum Gasteiger partial charge on any atom is 0.293 e. The van der Waals surface area contributed by atoms with Crippen LogP contribution in [0.25, 0.3) is 11.8 Å². The molecule has 1 saturated heterocycles. The zero-order valence-corrected chi connectivity index (χ0v) is 17.6. The van der Waals surface area contributed by atoms with E-state index in [4.69, 9.17) is 11.6 Å². The summed E-state index contributed by atoms with van der Waals surface area (Å²) < 4.78 is 2.01. The van der Waals surface area contributed by atoms with Crippen LogP contribution < -0.4 is 0 Å². The number of amides is 2. The molecular formula is C23H19ClN2O2S. The first-order valence-electron chi connectivity index (χ1n) is 9.17. The van der Waals surface area contributed by atoms with E-state index in [1.54, 1.807) is 18.2 Å². The minimum atomic E-state index is -0.275. The average Bonchev–Trinajstić information content (AvgIpc) is 3.26. The van der Waals surface area contributed by atoms with Crippen molar-refractivity contribution in [2.24, 2.45) is 0 Å². The van der Waals surface area contributed by atoms with Crippen LogP contribution in [-0.4, -0.2) is 20.6 Å². The molecule has 1 aromatic heterocycles. The maximum atomic E-state index is 12.8. The third-order valence-corrected chi connectivity index (χ3v) is 6.11. The minimum absolute atomic E-state index is 0.233. The van der Waals surface area contributed by atoms with Gasteiger partial charge in [-0.1, -0.05) is 29.8 Å². The van der Waals surface area contributed by atoms with Gasteiger partial charge in [-0.15, -0.1) is 0 Å². The van der Waals surface area contributed by atoms with Crippen LogP contribution >= 0.6 is 23.4 Å². The van der Waals surface area contributed by atoms with Gasteiger partial charge in [-0.25, -0.2) is 0 Å². The quantitative estimate of drug-likeness (QED) is 0.485. The summed E-state index contributed by atoms with van der Waals surface area (Å²) in [6, 6.07) is 17.2. The first-order chi connectivity index (χ1) is 13.9. The van der Waals surface area contributed by atoms with E-state index in [2.05, 4.69) is 26.0 Å². The molecule has 0 bridgehead atoms. The van der Waals surface area contributed by atoms with Crippen LogP contribution in [0.4, 0.5) is 4.79 Å². The number of hydrogen-bond donors (Lipinski definition) is 0. The standard InChI is InChI=1S/C23H19ClN2O2S/c1-15-5-10-20(12-16(15)2)25-11-3-4-19(25)13-21-22(27)26(23(28)29-21)14-17-6-8-18(24)9-7-17/h3-13H,14H2,1-2H3/b21-13+. The van der Waals surface area contributed by atoms with Crippen LogP contribution in [0.3, 0.4) is 0 Å². The van der Waals surface area contributed by atoms with Gasteiger partial charge in [-0.05, 0) is 84.8 Å². The van der Waals surface area contributed by atoms with Gasteiger partial charge in [-0.3, -0.25) is 14.5 Å². The Kier molecular flexibility index (Phi) is 5.35. The van der Waals surface area contributed by atoms with Crippen LogP contribution in [0.1, 0.15) is 22.4 Å². The number of aryl methyl sites for hydroxylation is 2. The van der Waals surface area contributed by atoms with Crippen molar-refractivity contribution < 1.29 is 9.59 Å². The third kappa shape index (κ3) is 4.02. The van der Waals surface area contributed by atoms with Crippen molar-refractivity contribution >= 4 is 40.6 Å². The molecule has 0 N–H and O–H groups in total. The second kappa shape index (κ2) is 7.93. The molecule has 0 spiro atoms. The summed E-state index contributed by atoms with van der Waals surface area (Å²) in [5, 5.41) is 0.357. The first-order valence-corrected chi connectivity index (χ1v) is 10.4. The van der Waals surface area contributed by atoms with E-state index in [1.807, 2.05) is 41.1 Å². The number of imide groups is 1. The van der Waals surface area contributed by atoms with E-state index < -0.39 is 0 Å². The zero-order valence-electron chi connectivity index (χ0n) is 16.1. The van der Waals surface area contributed by atoms with E-state index in [0.29, 0.717) is 9.93 Å². The van der Waals surface area contributed by atoms with Crippen molar-refractivity contribution in [1.29, 1.82) is 0 Å². The summed E-state index contributed by atoms with van der Waals surface area (Å²) in [4.78, 5) is 27.0. The fraction of sp³-hybridized carbons (Fsp3) is 0.130. The summed E-state index contributed by atoms with van der Waals surface area (Å²) in [6.07, 6.45) is 3.73. The van der Waals surface area contributed by atoms with Gasteiger partial charge >= 0.3 is 0 Å². The summed E-state index contributed by atoms with van der Waals surface area (Å²) >= 11 is 6.88. The number of aromatic nitrogens is 1. The van der Waals surface area contributed by atoms with Crippen LogP contribution in [0.2, 0.25) is 5.02 Å². The van der Waals surface area contributed by atoms with E-state index in [9.17, 15) is 9.59 Å². The lowest BCUT2D eigenvalue weighted by Gasteiger charge is -2.12. The van der Waals surface area contributed by atoms with Gasteiger partial charge in [0.15, 0.2) is 0 Å². The van der Waals surface area contributed by atoms with Crippen molar-refractivity contribution in [2.75, 3.05) is 0 Å². The Bertz CT molecular complexity index is 1130. The molecule has 1 aliphatic rings. The lowest BCUT2D eigenvalue weighted by Crippen LogP contribution is -2.27. The first kappa shape index (κ1) is 19.6. The fourth-order valence-electron chi connectivity index (χ4n) is 3.17. The molecule has 6 heteroatoms. The SMILES string of the molecule is Cc1ccc(-n2cccc2/C=C2/SC(=O)N(Cc3ccc(Cl)cc3)C2=O)cc1C. The Hall–Kier alpha value is -2.76. The molecule has 3 aromatic rings. The molecule has 1 fully saturated rings. The molecule has 0 radical (unpaired) electrons. The van der Waals surface area contributed by atoms with Gasteiger partial charge in [0.2, 0.25) is 0 Å². The highest BCUT2D eigenvalue weighted by Gasteiger charge is 2.35. The predicted molar refractivity (Wildman–Crippen MR) is 118 cm³/mol. The highest BCUT2D eigenvalue weighted by molar-refractivity contribution is 8.18. The van der Waals surface area contributed by atoms with Crippen molar-refractivity contribution in [3.05, 3.63) is 93.1 Å². The molecule has 1 aliphatic heterocycles. The van der Waals surface area contributed by atoms with Crippen molar-refractivity contribution in [2.45, 2.75) is 20.4 Å². The van der Waals surface area contributed by atoms with Crippen LogP contribution in [-0.2, 0) is 11.3 Å². The molecular weight excluding hydrogens is 404 g/mol. The molecule has 0 atom stereocenters. The van der Waals surface area contributed by atoms with Gasteiger partial charge in [0.1, 0.15) is 0 Å². The molecule has 0 unspecified atom stereocenters. The minimum Gasteiger partial charge on any atom is -0.317 e. The van der Waals surface area contributed by atoms with Gasteiger partial charge < -0.3 is 4.57 Å². The molecule has 2 amide bonds. The molecule has 4 nitrogen and oxygen atoms in total. The number of benzene rings is 2. The zero-order chi connectivity index (χ0) is 20.5. The average molecular weight is 423 g/mol. The molecule has 29 heavy (non-hydrogen) atoms. The Labute approximate surface area is 178 Å². The summed E-state index contributed by atoms with van der Waals surface area (Å²) in [5.41, 5.74) is 5.16. The van der Waals surface area contributed by atoms with Gasteiger partial charge in [0, 0.05) is 22.6 Å². The Morgan fingerprint density at radius 1 is 1.00 bits per heavy atom. The van der Waals surface area contributed by atoms with Crippen LogP contribution in [0.5, 0.6) is 0 Å². The number of carbonyl (C=O) groups is 2. The number of carbonyl (C=O) groups excluding carboxylic acids is 2. The second-order valence-electron chi connectivity index (χ2n) is 6.97. The largest absolute Gasteiger partial charge is 0.317 e. The van der Waals surface area contributed by atoms with E-state index in [1.165, 1.54) is 16.0 Å². The van der Waals surface area contributed by atoms with Crippen LogP contribution in [0, 0.1) is 13.8 Å². The van der Waals surface area contributed by atoms with Gasteiger partial charge in [0.05, 0.1) is 11.4 Å². The summed E-state index contributed by atoms with van der Waals surface area (Å²) in [5.74, 6) is -0.275.